The third-order valence-electron chi connectivity index (χ3n) is 9.93. The molecule has 0 rings (SSSR count). The SMILES string of the molecule is CCCCCCCC/C=C\CCCCCCCC(=O)OC(COCCCCCCCCCCCCCCCCCCCCC)COP(=O)(O)OCCN. The Bertz CT molecular complexity index is 828. The maximum Gasteiger partial charge on any atom is 0.472 e. The van der Waals surface area contributed by atoms with Crippen molar-refractivity contribution in [2.24, 2.45) is 5.73 Å². The van der Waals surface area contributed by atoms with E-state index >= 15 is 0 Å². The first-order valence-corrected chi connectivity index (χ1v) is 24.2. The van der Waals surface area contributed by atoms with Crippen LogP contribution in [0, 0.1) is 0 Å². The van der Waals surface area contributed by atoms with Gasteiger partial charge in [0.1, 0.15) is 6.10 Å². The summed E-state index contributed by atoms with van der Waals surface area (Å²) in [6.45, 7) is 4.95. The van der Waals surface area contributed by atoms with E-state index in [1.54, 1.807) is 0 Å². The van der Waals surface area contributed by atoms with Gasteiger partial charge < -0.3 is 20.1 Å². The molecule has 53 heavy (non-hydrogen) atoms. The molecule has 0 aromatic carbocycles. The summed E-state index contributed by atoms with van der Waals surface area (Å²) in [5.41, 5.74) is 5.37. The molecule has 0 aliphatic carbocycles. The fourth-order valence-electron chi connectivity index (χ4n) is 6.58. The van der Waals surface area contributed by atoms with E-state index in [-0.39, 0.29) is 32.3 Å². The quantitative estimate of drug-likeness (QED) is 0.0272. The molecule has 0 heterocycles. The molecular weight excluding hydrogens is 685 g/mol. The van der Waals surface area contributed by atoms with Gasteiger partial charge >= 0.3 is 13.8 Å². The van der Waals surface area contributed by atoms with Gasteiger partial charge in [0.25, 0.3) is 0 Å². The van der Waals surface area contributed by atoms with E-state index in [1.807, 2.05) is 0 Å². The molecule has 0 radical (unpaired) electrons. The molecule has 0 aliphatic heterocycles. The zero-order valence-electron chi connectivity index (χ0n) is 35.0. The zero-order chi connectivity index (χ0) is 38.8. The second-order valence-corrected chi connectivity index (χ2v) is 16.7. The Labute approximate surface area is 328 Å². The summed E-state index contributed by atoms with van der Waals surface area (Å²) in [7, 11) is -4.27. The van der Waals surface area contributed by atoms with Crippen LogP contribution in [-0.4, -0.2) is 49.9 Å². The molecule has 9 heteroatoms. The largest absolute Gasteiger partial charge is 0.472 e. The summed E-state index contributed by atoms with van der Waals surface area (Å²) in [4.78, 5) is 22.5. The number of esters is 1. The predicted octanol–water partition coefficient (Wildman–Crippen LogP) is 13.5. The molecule has 2 unspecified atom stereocenters. The molecule has 0 spiro atoms. The van der Waals surface area contributed by atoms with Crippen LogP contribution in [0.2, 0.25) is 0 Å². The number of phosphoric ester groups is 1. The molecule has 316 valence electrons. The van der Waals surface area contributed by atoms with E-state index < -0.39 is 13.9 Å². The lowest BCUT2D eigenvalue weighted by atomic mass is 10.0. The topological polar surface area (TPSA) is 117 Å². The highest BCUT2D eigenvalue weighted by Crippen LogP contribution is 2.43. The lowest BCUT2D eigenvalue weighted by molar-refractivity contribution is -0.154. The Morgan fingerprint density at radius 2 is 0.943 bits per heavy atom. The summed E-state index contributed by atoms with van der Waals surface area (Å²) < 4.78 is 33.5. The summed E-state index contributed by atoms with van der Waals surface area (Å²) in [6, 6.07) is 0. The van der Waals surface area contributed by atoms with Gasteiger partial charge in [-0.15, -0.1) is 0 Å². The molecule has 0 aromatic rings. The first-order chi connectivity index (χ1) is 25.9. The van der Waals surface area contributed by atoms with Crippen LogP contribution in [0.25, 0.3) is 0 Å². The van der Waals surface area contributed by atoms with Crippen LogP contribution in [0.3, 0.4) is 0 Å². The minimum absolute atomic E-state index is 0.0936. The number of hydrogen-bond donors (Lipinski definition) is 2. The summed E-state index contributed by atoms with van der Waals surface area (Å²) in [5, 5.41) is 0. The zero-order valence-corrected chi connectivity index (χ0v) is 35.9. The highest BCUT2D eigenvalue weighted by Gasteiger charge is 2.25. The van der Waals surface area contributed by atoms with Gasteiger partial charge in [-0.3, -0.25) is 13.8 Å². The molecule has 0 saturated carbocycles. The highest BCUT2D eigenvalue weighted by atomic mass is 31.2. The van der Waals surface area contributed by atoms with Gasteiger partial charge in [0, 0.05) is 19.6 Å². The first kappa shape index (κ1) is 52.2. The Morgan fingerprint density at radius 3 is 1.38 bits per heavy atom. The fraction of sp³-hybridized carbons (Fsp3) is 0.932. The molecule has 0 amide bonds. The fourth-order valence-corrected chi connectivity index (χ4v) is 7.35. The monoisotopic (exact) mass is 774 g/mol. The van der Waals surface area contributed by atoms with Crippen molar-refractivity contribution in [1.29, 1.82) is 0 Å². The Morgan fingerprint density at radius 1 is 0.547 bits per heavy atom. The molecule has 0 aromatic heterocycles. The molecule has 8 nitrogen and oxygen atoms in total. The number of ether oxygens (including phenoxy) is 2. The van der Waals surface area contributed by atoms with Crippen LogP contribution in [-0.2, 0) is 27.9 Å². The van der Waals surface area contributed by atoms with Crippen LogP contribution < -0.4 is 5.73 Å². The number of rotatable bonds is 44. The summed E-state index contributed by atoms with van der Waals surface area (Å²) >= 11 is 0. The number of carbonyl (C=O) groups is 1. The minimum atomic E-state index is -4.27. The smallest absolute Gasteiger partial charge is 0.457 e. The van der Waals surface area contributed by atoms with Gasteiger partial charge in [0.15, 0.2) is 0 Å². The maximum absolute atomic E-state index is 12.6. The number of phosphoric acid groups is 1. The van der Waals surface area contributed by atoms with E-state index in [4.69, 9.17) is 24.3 Å². The second kappa shape index (κ2) is 42.4. The van der Waals surface area contributed by atoms with Crippen molar-refractivity contribution < 1.29 is 32.8 Å². The third-order valence-corrected chi connectivity index (χ3v) is 10.9. The van der Waals surface area contributed by atoms with E-state index in [0.717, 1.165) is 44.9 Å². The lowest BCUT2D eigenvalue weighted by Gasteiger charge is -2.20. The van der Waals surface area contributed by atoms with E-state index in [2.05, 4.69) is 26.0 Å². The van der Waals surface area contributed by atoms with Gasteiger partial charge in [-0.2, -0.15) is 0 Å². The molecule has 2 atom stereocenters. The van der Waals surface area contributed by atoms with Crippen LogP contribution in [0.4, 0.5) is 0 Å². The minimum Gasteiger partial charge on any atom is -0.457 e. The number of allylic oxidation sites excluding steroid dienone is 2. The number of unbranched alkanes of at least 4 members (excludes halogenated alkanes) is 29. The van der Waals surface area contributed by atoms with Crippen molar-refractivity contribution in [3.05, 3.63) is 12.2 Å². The van der Waals surface area contributed by atoms with Gasteiger partial charge in [-0.1, -0.05) is 193 Å². The van der Waals surface area contributed by atoms with Crippen molar-refractivity contribution in [3.8, 4) is 0 Å². The third kappa shape index (κ3) is 42.2. The van der Waals surface area contributed by atoms with Gasteiger partial charge in [0.05, 0.1) is 19.8 Å². The number of nitrogens with two attached hydrogens (primary N) is 1. The molecular formula is C44H88NO7P. The second-order valence-electron chi connectivity index (χ2n) is 15.3. The standard InChI is InChI=1S/C44H88NO7P/c1-3-5-7-9-11-13-15-17-19-20-21-22-24-26-28-30-32-34-36-39-49-41-43(42-51-53(47,48)50-40-38-45)52-44(46)37-35-33-31-29-27-25-23-18-16-14-12-10-8-6-4-2/h18,23,43H,3-17,19-22,24-42,45H2,1-2H3,(H,47,48)/b23-18-. The first-order valence-electron chi connectivity index (χ1n) is 22.7. The predicted molar refractivity (Wildman–Crippen MR) is 224 cm³/mol. The van der Waals surface area contributed by atoms with Gasteiger partial charge in [-0.05, 0) is 38.5 Å². The normalized spacial score (nSPS) is 13.5. The van der Waals surface area contributed by atoms with Gasteiger partial charge in [0.2, 0.25) is 0 Å². The van der Waals surface area contributed by atoms with Crippen LogP contribution in [0.1, 0.15) is 226 Å². The summed E-state index contributed by atoms with van der Waals surface area (Å²) in [5.74, 6) is -0.334. The maximum atomic E-state index is 12.6. The van der Waals surface area contributed by atoms with Gasteiger partial charge in [-0.25, -0.2) is 4.57 Å². The van der Waals surface area contributed by atoms with E-state index in [1.165, 1.54) is 161 Å². The average molecular weight is 774 g/mol. The number of carbonyl (C=O) groups excluding carboxylic acids is 1. The van der Waals surface area contributed by atoms with Crippen molar-refractivity contribution >= 4 is 13.8 Å². The lowest BCUT2D eigenvalue weighted by Crippen LogP contribution is -2.28. The van der Waals surface area contributed by atoms with E-state index in [0.29, 0.717) is 13.0 Å². The molecule has 0 fully saturated rings. The van der Waals surface area contributed by atoms with E-state index in [9.17, 15) is 14.3 Å². The van der Waals surface area contributed by atoms with Crippen molar-refractivity contribution in [2.45, 2.75) is 232 Å². The molecule has 0 bridgehead atoms. The Kier molecular flexibility index (Phi) is 41.8. The molecule has 0 aliphatic rings. The highest BCUT2D eigenvalue weighted by molar-refractivity contribution is 7.47. The Hall–Kier alpha value is -0.760. The van der Waals surface area contributed by atoms with Crippen molar-refractivity contribution in [1.82, 2.24) is 0 Å². The Balaban J connectivity index is 3.96. The molecule has 3 N–H and O–H groups in total. The average Bonchev–Trinajstić information content (AvgIpc) is 3.15. The van der Waals surface area contributed by atoms with Crippen LogP contribution >= 0.6 is 7.82 Å². The summed E-state index contributed by atoms with van der Waals surface area (Å²) in [6.07, 6.45) is 45.2. The van der Waals surface area contributed by atoms with Crippen LogP contribution in [0.15, 0.2) is 12.2 Å². The van der Waals surface area contributed by atoms with Crippen molar-refractivity contribution in [2.75, 3.05) is 33.0 Å². The number of hydrogen-bond acceptors (Lipinski definition) is 7. The molecule has 0 saturated heterocycles. The van der Waals surface area contributed by atoms with Crippen LogP contribution in [0.5, 0.6) is 0 Å². The van der Waals surface area contributed by atoms with Crippen molar-refractivity contribution in [3.63, 3.8) is 0 Å².